The number of nitrogens with zero attached hydrogens (tertiary/aromatic N) is 1. The fraction of sp³-hybridized carbons (Fsp3) is 0.286. The molecule has 1 aliphatic rings. The summed E-state index contributed by atoms with van der Waals surface area (Å²) in [6.07, 6.45) is 3.74. The fourth-order valence-corrected chi connectivity index (χ4v) is 2.03. The molecule has 0 bridgehead atoms. The van der Waals surface area contributed by atoms with Crippen LogP contribution in [0.4, 0.5) is 0 Å². The maximum absolute atomic E-state index is 12.4. The molecule has 0 radical (unpaired) electrons. The zero-order valence-corrected chi connectivity index (χ0v) is 9.64. The van der Waals surface area contributed by atoms with Crippen LogP contribution in [0.1, 0.15) is 46.0 Å². The van der Waals surface area contributed by atoms with Crippen LogP contribution < -0.4 is 0 Å². The molecule has 1 fully saturated rings. The van der Waals surface area contributed by atoms with Gasteiger partial charge in [0.25, 0.3) is 0 Å². The van der Waals surface area contributed by atoms with Crippen LogP contribution in [0.5, 0.6) is 0 Å². The normalized spacial score (nSPS) is 14.9. The van der Waals surface area contributed by atoms with Crippen molar-refractivity contribution in [3.05, 3.63) is 52.9 Å². The van der Waals surface area contributed by atoms with E-state index in [-0.39, 0.29) is 5.78 Å². The molecular weight excluding hydrogens is 214 g/mol. The Morgan fingerprint density at radius 2 is 2.06 bits per heavy atom. The SMILES string of the molecule is Cc1ccccc1C(=O)c1cnoc1C1CC1. The molecule has 17 heavy (non-hydrogen) atoms. The third-order valence-corrected chi connectivity index (χ3v) is 3.18. The number of rotatable bonds is 3. The van der Waals surface area contributed by atoms with Gasteiger partial charge < -0.3 is 4.52 Å². The van der Waals surface area contributed by atoms with Crippen molar-refractivity contribution in [3.63, 3.8) is 0 Å². The third kappa shape index (κ3) is 1.78. The lowest BCUT2D eigenvalue weighted by Crippen LogP contribution is -2.04. The van der Waals surface area contributed by atoms with E-state index in [1.54, 1.807) is 6.20 Å². The van der Waals surface area contributed by atoms with Crippen LogP contribution in [-0.4, -0.2) is 10.9 Å². The lowest BCUT2D eigenvalue weighted by atomic mass is 9.99. The zero-order valence-electron chi connectivity index (χ0n) is 9.64. The number of hydrogen-bond acceptors (Lipinski definition) is 3. The van der Waals surface area contributed by atoms with Crippen LogP contribution >= 0.6 is 0 Å². The van der Waals surface area contributed by atoms with Gasteiger partial charge in [0.2, 0.25) is 0 Å². The molecule has 3 nitrogen and oxygen atoms in total. The minimum atomic E-state index is 0.0197. The van der Waals surface area contributed by atoms with Crippen LogP contribution in [0.15, 0.2) is 35.0 Å². The van der Waals surface area contributed by atoms with Crippen LogP contribution in [0.25, 0.3) is 0 Å². The fourth-order valence-electron chi connectivity index (χ4n) is 2.03. The van der Waals surface area contributed by atoms with Crippen LogP contribution in [0.2, 0.25) is 0 Å². The number of ketones is 1. The molecule has 86 valence electrons. The number of carbonyl (C=O) groups is 1. The predicted molar refractivity (Wildman–Crippen MR) is 63.1 cm³/mol. The van der Waals surface area contributed by atoms with Crippen molar-refractivity contribution in [1.82, 2.24) is 5.16 Å². The van der Waals surface area contributed by atoms with Gasteiger partial charge in [-0.25, -0.2) is 0 Å². The van der Waals surface area contributed by atoms with Crippen molar-refractivity contribution < 1.29 is 9.32 Å². The van der Waals surface area contributed by atoms with E-state index in [4.69, 9.17) is 4.52 Å². The van der Waals surface area contributed by atoms with E-state index in [0.717, 1.165) is 29.7 Å². The predicted octanol–water partition coefficient (Wildman–Crippen LogP) is 3.09. The molecule has 0 aliphatic heterocycles. The molecule has 3 rings (SSSR count). The molecule has 1 aliphatic carbocycles. The average molecular weight is 227 g/mol. The quantitative estimate of drug-likeness (QED) is 0.757. The highest BCUT2D eigenvalue weighted by atomic mass is 16.5. The lowest BCUT2D eigenvalue weighted by Gasteiger charge is -2.03. The van der Waals surface area contributed by atoms with E-state index in [1.807, 2.05) is 31.2 Å². The monoisotopic (exact) mass is 227 g/mol. The summed E-state index contributed by atoms with van der Waals surface area (Å²) in [4.78, 5) is 12.4. The molecule has 0 unspecified atom stereocenters. The van der Waals surface area contributed by atoms with Gasteiger partial charge in [0.15, 0.2) is 11.5 Å². The molecule has 3 heteroatoms. The Labute approximate surface area is 99.4 Å². The summed E-state index contributed by atoms with van der Waals surface area (Å²) in [6, 6.07) is 7.60. The molecule has 2 aromatic rings. The maximum atomic E-state index is 12.4. The van der Waals surface area contributed by atoms with Crippen LogP contribution in [-0.2, 0) is 0 Å². The van der Waals surface area contributed by atoms with Gasteiger partial charge in [0.05, 0.1) is 11.8 Å². The first-order valence-corrected chi connectivity index (χ1v) is 5.82. The Hall–Kier alpha value is -1.90. The van der Waals surface area contributed by atoms with E-state index >= 15 is 0 Å². The van der Waals surface area contributed by atoms with Crippen molar-refractivity contribution in [2.75, 3.05) is 0 Å². The highest BCUT2D eigenvalue weighted by molar-refractivity contribution is 6.10. The average Bonchev–Trinajstić information content (AvgIpc) is 3.07. The molecule has 0 N–H and O–H groups in total. The summed E-state index contributed by atoms with van der Waals surface area (Å²) >= 11 is 0. The molecule has 1 aromatic carbocycles. The zero-order chi connectivity index (χ0) is 11.8. The highest BCUT2D eigenvalue weighted by Gasteiger charge is 2.32. The maximum Gasteiger partial charge on any atom is 0.198 e. The standard InChI is InChI=1S/C14H13NO2/c1-9-4-2-3-5-11(9)13(16)12-8-15-17-14(12)10-6-7-10/h2-5,8,10H,6-7H2,1H3. The van der Waals surface area contributed by atoms with Gasteiger partial charge in [-0.05, 0) is 25.3 Å². The first-order valence-electron chi connectivity index (χ1n) is 5.82. The summed E-state index contributed by atoms with van der Waals surface area (Å²) in [5, 5.41) is 3.76. The van der Waals surface area contributed by atoms with Crippen molar-refractivity contribution in [2.24, 2.45) is 0 Å². The van der Waals surface area contributed by atoms with Gasteiger partial charge in [0, 0.05) is 11.5 Å². The number of aryl methyl sites for hydroxylation is 1. The first kappa shape index (κ1) is 10.3. The van der Waals surface area contributed by atoms with Crippen LogP contribution in [0, 0.1) is 6.92 Å². The van der Waals surface area contributed by atoms with E-state index in [2.05, 4.69) is 5.16 Å². The second-order valence-electron chi connectivity index (χ2n) is 4.52. The summed E-state index contributed by atoms with van der Waals surface area (Å²) in [6.45, 7) is 1.94. The van der Waals surface area contributed by atoms with Gasteiger partial charge in [-0.3, -0.25) is 4.79 Å². The summed E-state index contributed by atoms with van der Waals surface area (Å²) in [5.41, 5.74) is 2.35. The van der Waals surface area contributed by atoms with E-state index < -0.39 is 0 Å². The largest absolute Gasteiger partial charge is 0.360 e. The Morgan fingerprint density at radius 3 is 2.76 bits per heavy atom. The molecule has 0 saturated heterocycles. The number of carbonyl (C=O) groups excluding carboxylic acids is 1. The summed E-state index contributed by atoms with van der Waals surface area (Å²) < 4.78 is 5.20. The minimum Gasteiger partial charge on any atom is -0.360 e. The molecular formula is C14H13NO2. The van der Waals surface area contributed by atoms with Crippen molar-refractivity contribution in [2.45, 2.75) is 25.7 Å². The molecule has 1 saturated carbocycles. The third-order valence-electron chi connectivity index (χ3n) is 3.18. The summed E-state index contributed by atoms with van der Waals surface area (Å²) in [5.74, 6) is 1.19. The first-order chi connectivity index (χ1) is 8.27. The van der Waals surface area contributed by atoms with E-state index in [9.17, 15) is 4.79 Å². The Morgan fingerprint density at radius 1 is 1.29 bits per heavy atom. The van der Waals surface area contributed by atoms with Crippen LogP contribution in [0.3, 0.4) is 0 Å². The van der Waals surface area contributed by atoms with Gasteiger partial charge in [-0.2, -0.15) is 0 Å². The highest BCUT2D eigenvalue weighted by Crippen LogP contribution is 2.42. The second-order valence-corrected chi connectivity index (χ2v) is 4.52. The lowest BCUT2D eigenvalue weighted by molar-refractivity contribution is 0.103. The van der Waals surface area contributed by atoms with E-state index in [1.165, 1.54) is 0 Å². The van der Waals surface area contributed by atoms with Crippen molar-refractivity contribution in [3.8, 4) is 0 Å². The van der Waals surface area contributed by atoms with Crippen molar-refractivity contribution >= 4 is 5.78 Å². The van der Waals surface area contributed by atoms with Crippen molar-refractivity contribution in [1.29, 1.82) is 0 Å². The Bertz CT molecular complexity index is 567. The minimum absolute atomic E-state index is 0.0197. The molecule has 0 atom stereocenters. The smallest absolute Gasteiger partial charge is 0.198 e. The van der Waals surface area contributed by atoms with Gasteiger partial charge in [-0.1, -0.05) is 29.4 Å². The Balaban J connectivity index is 2.01. The molecule has 1 heterocycles. The summed E-state index contributed by atoms with van der Waals surface area (Å²) in [7, 11) is 0. The molecule has 0 spiro atoms. The van der Waals surface area contributed by atoms with E-state index in [0.29, 0.717) is 11.5 Å². The molecule has 1 aromatic heterocycles. The number of hydrogen-bond donors (Lipinski definition) is 0. The number of benzene rings is 1. The topological polar surface area (TPSA) is 43.1 Å². The van der Waals surface area contributed by atoms with Gasteiger partial charge in [0.1, 0.15) is 0 Å². The molecule has 0 amide bonds. The van der Waals surface area contributed by atoms with Gasteiger partial charge >= 0.3 is 0 Å². The number of aromatic nitrogens is 1. The Kier molecular flexibility index (Phi) is 2.32. The van der Waals surface area contributed by atoms with Gasteiger partial charge in [-0.15, -0.1) is 0 Å². The second kappa shape index (κ2) is 3.84.